The van der Waals surface area contributed by atoms with Crippen molar-refractivity contribution in [3.63, 3.8) is 0 Å². The van der Waals surface area contributed by atoms with Crippen molar-refractivity contribution in [2.24, 2.45) is 0 Å². The minimum atomic E-state index is 0.903. The zero-order chi connectivity index (χ0) is 20.1. The van der Waals surface area contributed by atoms with E-state index in [1.54, 1.807) is 11.9 Å². The number of benzene rings is 2. The number of para-hydroxylation sites is 2. The number of rotatable bonds is 8. The van der Waals surface area contributed by atoms with Gasteiger partial charge in [-0.3, -0.25) is 8.96 Å². The molecule has 4 nitrogen and oxygen atoms in total. The molecule has 0 unspecified atom stereocenters. The van der Waals surface area contributed by atoms with Crippen molar-refractivity contribution in [1.82, 2.24) is 19.3 Å². The van der Waals surface area contributed by atoms with E-state index >= 15 is 0 Å². The summed E-state index contributed by atoms with van der Waals surface area (Å²) < 4.78 is 2.17. The number of aromatic nitrogens is 3. The van der Waals surface area contributed by atoms with Crippen molar-refractivity contribution in [1.29, 1.82) is 0 Å². The summed E-state index contributed by atoms with van der Waals surface area (Å²) in [5, 5.41) is 3.52. The average molecular weight is 421 g/mol. The number of nitrogens with one attached hydrogen (secondary N) is 1. The first-order valence-electron chi connectivity index (χ1n) is 9.63. The Labute approximate surface area is 180 Å². The van der Waals surface area contributed by atoms with Crippen LogP contribution in [0.1, 0.15) is 11.1 Å². The second-order valence-electron chi connectivity index (χ2n) is 6.69. The first-order chi connectivity index (χ1) is 14.3. The monoisotopic (exact) mass is 420 g/mol. The molecule has 1 N–H and O–H groups in total. The van der Waals surface area contributed by atoms with Gasteiger partial charge in [-0.15, -0.1) is 11.8 Å². The predicted molar refractivity (Wildman–Crippen MR) is 125 cm³/mol. The standard InChI is InChI=1S/C23H24N4S2/c1-17-21(29-15-14-24-16-18-8-4-3-5-9-18)12-13-25-22(17)23-26-19-10-6-7-11-20(19)27(23)28-2/h3-13,24H,14-16H2,1-2H3. The van der Waals surface area contributed by atoms with Gasteiger partial charge in [-0.05, 0) is 48.2 Å². The molecule has 0 aliphatic rings. The molecule has 2 aromatic carbocycles. The summed E-state index contributed by atoms with van der Waals surface area (Å²) in [7, 11) is 0. The first kappa shape index (κ1) is 20.0. The number of pyridine rings is 1. The summed E-state index contributed by atoms with van der Waals surface area (Å²) in [4.78, 5) is 10.8. The van der Waals surface area contributed by atoms with Gasteiger partial charge in [-0.25, -0.2) is 4.98 Å². The van der Waals surface area contributed by atoms with Crippen LogP contribution in [0.25, 0.3) is 22.6 Å². The quantitative estimate of drug-likeness (QED) is 0.305. The van der Waals surface area contributed by atoms with Crippen LogP contribution >= 0.6 is 23.7 Å². The van der Waals surface area contributed by atoms with Crippen molar-refractivity contribution in [2.75, 3.05) is 18.6 Å². The highest BCUT2D eigenvalue weighted by Gasteiger charge is 2.16. The second-order valence-corrected chi connectivity index (χ2v) is 8.56. The van der Waals surface area contributed by atoms with Gasteiger partial charge in [0.05, 0.1) is 11.0 Å². The molecule has 0 spiro atoms. The van der Waals surface area contributed by atoms with Gasteiger partial charge in [0.2, 0.25) is 0 Å². The third-order valence-corrected chi connectivity index (χ3v) is 6.67. The molecule has 0 amide bonds. The Bertz CT molecular complexity index is 1090. The van der Waals surface area contributed by atoms with Gasteiger partial charge < -0.3 is 5.32 Å². The molecule has 6 heteroatoms. The molecule has 29 heavy (non-hydrogen) atoms. The van der Waals surface area contributed by atoms with Gasteiger partial charge in [0.1, 0.15) is 5.69 Å². The van der Waals surface area contributed by atoms with E-state index in [0.717, 1.165) is 41.4 Å². The minimum absolute atomic E-state index is 0.903. The largest absolute Gasteiger partial charge is 0.312 e. The number of imidazole rings is 1. The van der Waals surface area contributed by atoms with Gasteiger partial charge in [0.25, 0.3) is 0 Å². The minimum Gasteiger partial charge on any atom is -0.312 e. The Morgan fingerprint density at radius 1 is 1.00 bits per heavy atom. The van der Waals surface area contributed by atoms with Crippen LogP contribution in [-0.4, -0.2) is 32.5 Å². The number of thioether (sulfide) groups is 1. The highest BCUT2D eigenvalue weighted by Crippen LogP contribution is 2.32. The van der Waals surface area contributed by atoms with Gasteiger partial charge in [0.15, 0.2) is 5.82 Å². The molecule has 0 atom stereocenters. The molecule has 4 rings (SSSR count). The second kappa shape index (κ2) is 9.48. The maximum Gasteiger partial charge on any atom is 0.170 e. The average Bonchev–Trinajstić information content (AvgIpc) is 3.13. The molecule has 0 radical (unpaired) electrons. The maximum atomic E-state index is 4.86. The summed E-state index contributed by atoms with van der Waals surface area (Å²) in [6.45, 7) is 4.01. The van der Waals surface area contributed by atoms with E-state index in [2.05, 4.69) is 82.0 Å². The molecule has 0 fully saturated rings. The van der Waals surface area contributed by atoms with Gasteiger partial charge >= 0.3 is 0 Å². The van der Waals surface area contributed by atoms with Crippen LogP contribution in [0.4, 0.5) is 0 Å². The Hall–Kier alpha value is -2.28. The van der Waals surface area contributed by atoms with Crippen LogP contribution in [0.15, 0.2) is 71.8 Å². The Kier molecular flexibility index (Phi) is 6.54. The molecule has 0 saturated carbocycles. The highest BCUT2D eigenvalue weighted by molar-refractivity contribution is 7.99. The van der Waals surface area contributed by atoms with Crippen LogP contribution in [0.3, 0.4) is 0 Å². The summed E-state index contributed by atoms with van der Waals surface area (Å²) in [5.41, 5.74) is 5.58. The van der Waals surface area contributed by atoms with E-state index in [-0.39, 0.29) is 0 Å². The van der Waals surface area contributed by atoms with E-state index in [4.69, 9.17) is 4.98 Å². The lowest BCUT2D eigenvalue weighted by Crippen LogP contribution is -2.16. The molecule has 0 aliphatic heterocycles. The fourth-order valence-electron chi connectivity index (χ4n) is 3.30. The lowest BCUT2D eigenvalue weighted by Gasteiger charge is -2.11. The van der Waals surface area contributed by atoms with E-state index < -0.39 is 0 Å². The van der Waals surface area contributed by atoms with E-state index in [1.165, 1.54) is 16.0 Å². The van der Waals surface area contributed by atoms with Crippen LogP contribution in [0.5, 0.6) is 0 Å². The predicted octanol–water partition coefficient (Wildman–Crippen LogP) is 5.41. The van der Waals surface area contributed by atoms with Gasteiger partial charge in [-0.2, -0.15) is 0 Å². The highest BCUT2D eigenvalue weighted by atomic mass is 32.2. The lowest BCUT2D eigenvalue weighted by atomic mass is 10.2. The van der Waals surface area contributed by atoms with Crippen LogP contribution in [0.2, 0.25) is 0 Å². The number of nitrogens with zero attached hydrogens (tertiary/aromatic N) is 3. The first-order valence-corrected chi connectivity index (χ1v) is 11.8. The van der Waals surface area contributed by atoms with Crippen molar-refractivity contribution in [3.8, 4) is 11.5 Å². The van der Waals surface area contributed by atoms with Crippen LogP contribution < -0.4 is 5.32 Å². The van der Waals surface area contributed by atoms with Gasteiger partial charge in [-0.1, -0.05) is 42.5 Å². The van der Waals surface area contributed by atoms with Gasteiger partial charge in [0, 0.05) is 36.2 Å². The number of fused-ring (bicyclic) bond motifs is 1. The third-order valence-electron chi connectivity index (χ3n) is 4.78. The summed E-state index contributed by atoms with van der Waals surface area (Å²) in [6, 6.07) is 20.8. The molecule has 0 aliphatic carbocycles. The number of hydrogen-bond acceptors (Lipinski definition) is 5. The molecule has 0 saturated heterocycles. The lowest BCUT2D eigenvalue weighted by molar-refractivity contribution is 0.732. The van der Waals surface area contributed by atoms with Crippen molar-refractivity contribution >= 4 is 34.7 Å². The maximum absolute atomic E-state index is 4.86. The SMILES string of the molecule is CSn1c(-c2nccc(SCCNCc3ccccc3)c2C)nc2ccccc21. The van der Waals surface area contributed by atoms with E-state index in [0.29, 0.717) is 0 Å². The molecule has 148 valence electrons. The molecule has 4 aromatic rings. The summed E-state index contributed by atoms with van der Waals surface area (Å²) in [6.07, 6.45) is 3.97. The Morgan fingerprint density at radius 2 is 1.79 bits per heavy atom. The number of hydrogen-bond donors (Lipinski definition) is 1. The Morgan fingerprint density at radius 3 is 2.62 bits per heavy atom. The fourth-order valence-corrected chi connectivity index (χ4v) is 4.89. The topological polar surface area (TPSA) is 42.7 Å². The normalized spacial score (nSPS) is 11.2. The fraction of sp³-hybridized carbons (Fsp3) is 0.217. The van der Waals surface area contributed by atoms with Crippen molar-refractivity contribution in [3.05, 3.63) is 78.0 Å². The third kappa shape index (κ3) is 4.50. The Balaban J connectivity index is 1.47. The molecular formula is C23H24N4S2. The van der Waals surface area contributed by atoms with E-state index in [1.807, 2.05) is 24.0 Å². The van der Waals surface area contributed by atoms with E-state index in [9.17, 15) is 0 Å². The zero-order valence-corrected chi connectivity index (χ0v) is 18.3. The molecular weight excluding hydrogens is 396 g/mol. The summed E-state index contributed by atoms with van der Waals surface area (Å²) in [5.74, 6) is 1.93. The van der Waals surface area contributed by atoms with Crippen LogP contribution in [0, 0.1) is 6.92 Å². The molecule has 2 heterocycles. The van der Waals surface area contributed by atoms with Crippen molar-refractivity contribution in [2.45, 2.75) is 18.4 Å². The molecule has 2 aromatic heterocycles. The molecule has 0 bridgehead atoms. The zero-order valence-electron chi connectivity index (χ0n) is 16.6. The summed E-state index contributed by atoms with van der Waals surface area (Å²) >= 11 is 3.53. The smallest absolute Gasteiger partial charge is 0.170 e. The van der Waals surface area contributed by atoms with Crippen molar-refractivity contribution < 1.29 is 0 Å². The van der Waals surface area contributed by atoms with Crippen LogP contribution in [-0.2, 0) is 6.54 Å².